The highest BCUT2D eigenvalue weighted by molar-refractivity contribution is 6.32. The van der Waals surface area contributed by atoms with Gasteiger partial charge in [0, 0.05) is 11.6 Å². The number of carbonyl (C=O) groups is 1. The van der Waals surface area contributed by atoms with Crippen LogP contribution >= 0.6 is 11.6 Å². The molecule has 0 aliphatic heterocycles. The van der Waals surface area contributed by atoms with Crippen molar-refractivity contribution in [2.75, 3.05) is 0 Å². The summed E-state index contributed by atoms with van der Waals surface area (Å²) in [5.74, 6) is -1.11. The van der Waals surface area contributed by atoms with Gasteiger partial charge in [0.2, 0.25) is 0 Å². The standard InChI is InChI=1S/C27H21ClFN3O2/c28-21-14-19(29)9-10-20(21)26(17-2-1-3-17)27(23-12-11-22-24(31-23)15-30-32-22)18-7-4-16(5-8-18)6-13-25(33)34/h4-15,17H,1-3H2,(H,30,32)(H,33,34). The minimum atomic E-state index is -1.000. The number of aromatic amines is 1. The van der Waals surface area contributed by atoms with Crippen molar-refractivity contribution < 1.29 is 14.3 Å². The molecule has 1 aliphatic carbocycles. The second-order valence-electron chi connectivity index (χ2n) is 8.33. The maximum absolute atomic E-state index is 13.9. The van der Waals surface area contributed by atoms with Gasteiger partial charge in [0.05, 0.1) is 22.4 Å². The zero-order chi connectivity index (χ0) is 23.7. The minimum absolute atomic E-state index is 0.270. The molecule has 0 radical (unpaired) electrons. The van der Waals surface area contributed by atoms with E-state index >= 15 is 0 Å². The number of allylic oxidation sites excluding steroid dienone is 1. The molecule has 1 aliphatic rings. The molecule has 2 aromatic heterocycles. The normalized spacial score (nSPS) is 14.9. The molecule has 170 valence electrons. The fourth-order valence-corrected chi connectivity index (χ4v) is 4.57. The Morgan fingerprint density at radius 3 is 2.59 bits per heavy atom. The van der Waals surface area contributed by atoms with Crippen LogP contribution in [0.5, 0.6) is 0 Å². The maximum Gasteiger partial charge on any atom is 0.328 e. The fraction of sp³-hybridized carbons (Fsp3) is 0.148. The molecule has 5 nitrogen and oxygen atoms in total. The number of halogens is 2. The van der Waals surface area contributed by atoms with E-state index in [-0.39, 0.29) is 11.7 Å². The topological polar surface area (TPSA) is 78.9 Å². The van der Waals surface area contributed by atoms with E-state index in [1.165, 1.54) is 12.1 Å². The van der Waals surface area contributed by atoms with Crippen LogP contribution in [0.15, 0.2) is 66.9 Å². The maximum atomic E-state index is 13.9. The van der Waals surface area contributed by atoms with Crippen LogP contribution in [0.25, 0.3) is 28.3 Å². The zero-order valence-electron chi connectivity index (χ0n) is 18.1. The molecule has 0 atom stereocenters. The van der Waals surface area contributed by atoms with E-state index in [1.54, 1.807) is 18.3 Å². The van der Waals surface area contributed by atoms with Gasteiger partial charge in [0.1, 0.15) is 11.3 Å². The van der Waals surface area contributed by atoms with Gasteiger partial charge in [0.15, 0.2) is 0 Å². The molecule has 7 heteroatoms. The Morgan fingerprint density at radius 2 is 1.91 bits per heavy atom. The Kier molecular flexibility index (Phi) is 5.99. The van der Waals surface area contributed by atoms with Crippen molar-refractivity contribution in [2.45, 2.75) is 19.3 Å². The summed E-state index contributed by atoms with van der Waals surface area (Å²) in [6.45, 7) is 0. The van der Waals surface area contributed by atoms with Crippen molar-refractivity contribution >= 4 is 45.8 Å². The molecule has 2 heterocycles. The van der Waals surface area contributed by atoms with Gasteiger partial charge >= 0.3 is 5.97 Å². The Morgan fingerprint density at radius 1 is 1.12 bits per heavy atom. The summed E-state index contributed by atoms with van der Waals surface area (Å²) in [4.78, 5) is 15.8. The molecule has 2 aromatic carbocycles. The number of H-pyrrole nitrogens is 1. The van der Waals surface area contributed by atoms with Crippen LogP contribution in [0.1, 0.15) is 41.6 Å². The number of carboxylic acid groups (broad SMARTS) is 1. The van der Waals surface area contributed by atoms with E-state index in [9.17, 15) is 9.18 Å². The lowest BCUT2D eigenvalue weighted by Crippen LogP contribution is -2.16. The van der Waals surface area contributed by atoms with Crippen molar-refractivity contribution in [2.24, 2.45) is 5.92 Å². The zero-order valence-corrected chi connectivity index (χ0v) is 18.9. The van der Waals surface area contributed by atoms with E-state index < -0.39 is 5.97 Å². The van der Waals surface area contributed by atoms with Gasteiger partial charge in [-0.25, -0.2) is 14.2 Å². The molecule has 5 rings (SSSR count). The smallest absolute Gasteiger partial charge is 0.328 e. The number of benzene rings is 2. The molecule has 2 N–H and O–H groups in total. The summed E-state index contributed by atoms with van der Waals surface area (Å²) in [5.41, 5.74) is 6.81. The van der Waals surface area contributed by atoms with Crippen molar-refractivity contribution in [3.63, 3.8) is 0 Å². The van der Waals surface area contributed by atoms with Crippen molar-refractivity contribution in [1.82, 2.24) is 15.2 Å². The lowest BCUT2D eigenvalue weighted by Gasteiger charge is -2.31. The van der Waals surface area contributed by atoms with Gasteiger partial charge in [-0.05, 0) is 71.4 Å². The second kappa shape index (κ2) is 9.23. The molecular weight excluding hydrogens is 453 g/mol. The molecular formula is C27H21ClFN3O2. The number of nitrogens with one attached hydrogen (secondary N) is 1. The first kappa shape index (κ1) is 22.0. The summed E-state index contributed by atoms with van der Waals surface area (Å²) < 4.78 is 13.9. The van der Waals surface area contributed by atoms with Crippen LogP contribution < -0.4 is 0 Å². The number of rotatable bonds is 6. The molecule has 34 heavy (non-hydrogen) atoms. The molecule has 1 saturated carbocycles. The van der Waals surface area contributed by atoms with E-state index in [2.05, 4.69) is 10.2 Å². The molecule has 0 spiro atoms. The number of hydrogen-bond acceptors (Lipinski definition) is 3. The van der Waals surface area contributed by atoms with Gasteiger partial charge in [-0.3, -0.25) is 5.10 Å². The monoisotopic (exact) mass is 473 g/mol. The van der Waals surface area contributed by atoms with Crippen LogP contribution in [0.2, 0.25) is 5.02 Å². The number of nitrogens with zero attached hydrogens (tertiary/aromatic N) is 2. The van der Waals surface area contributed by atoms with Crippen LogP contribution in [0, 0.1) is 11.7 Å². The highest BCUT2D eigenvalue weighted by Crippen LogP contribution is 2.46. The summed E-state index contributed by atoms with van der Waals surface area (Å²) in [6, 6.07) is 16.1. The number of fused-ring (bicyclic) bond motifs is 1. The summed E-state index contributed by atoms with van der Waals surface area (Å²) in [5, 5.41) is 16.3. The summed E-state index contributed by atoms with van der Waals surface area (Å²) in [7, 11) is 0. The predicted molar refractivity (Wildman–Crippen MR) is 132 cm³/mol. The second-order valence-corrected chi connectivity index (χ2v) is 8.74. The summed E-state index contributed by atoms with van der Waals surface area (Å²) in [6.07, 6.45) is 7.49. The molecule has 0 amide bonds. The fourth-order valence-electron chi connectivity index (χ4n) is 4.30. The third kappa shape index (κ3) is 4.37. The Hall–Kier alpha value is -3.77. The summed E-state index contributed by atoms with van der Waals surface area (Å²) >= 11 is 6.57. The molecule has 0 unspecified atom stereocenters. The van der Waals surface area contributed by atoms with Crippen molar-refractivity contribution in [1.29, 1.82) is 0 Å². The predicted octanol–water partition coefficient (Wildman–Crippen LogP) is 6.61. The number of aliphatic carboxylic acids is 1. The van der Waals surface area contributed by atoms with Crippen LogP contribution in [0.3, 0.4) is 0 Å². The number of carboxylic acids is 1. The molecule has 4 aromatic rings. The largest absolute Gasteiger partial charge is 0.478 e. The highest BCUT2D eigenvalue weighted by atomic mass is 35.5. The first-order chi connectivity index (χ1) is 16.5. The quantitative estimate of drug-likeness (QED) is 0.244. The number of hydrogen-bond donors (Lipinski definition) is 2. The van der Waals surface area contributed by atoms with E-state index in [0.717, 1.165) is 69.9 Å². The first-order valence-corrected chi connectivity index (χ1v) is 11.4. The van der Waals surface area contributed by atoms with Crippen molar-refractivity contribution in [3.05, 3.63) is 100 Å². The number of pyridine rings is 1. The van der Waals surface area contributed by atoms with Gasteiger partial charge in [-0.2, -0.15) is 5.10 Å². The van der Waals surface area contributed by atoms with E-state index in [0.29, 0.717) is 5.02 Å². The minimum Gasteiger partial charge on any atom is -0.478 e. The van der Waals surface area contributed by atoms with Crippen molar-refractivity contribution in [3.8, 4) is 0 Å². The third-order valence-electron chi connectivity index (χ3n) is 6.17. The third-order valence-corrected chi connectivity index (χ3v) is 6.49. The average Bonchev–Trinajstić information content (AvgIpc) is 3.25. The first-order valence-electron chi connectivity index (χ1n) is 11.0. The van der Waals surface area contributed by atoms with Gasteiger partial charge in [0.25, 0.3) is 0 Å². The average molecular weight is 474 g/mol. The lowest BCUT2D eigenvalue weighted by molar-refractivity contribution is -0.131. The number of aromatic nitrogens is 3. The Labute approximate surface area is 200 Å². The van der Waals surface area contributed by atoms with Crippen LogP contribution in [-0.4, -0.2) is 26.3 Å². The molecule has 0 saturated heterocycles. The van der Waals surface area contributed by atoms with E-state index in [4.69, 9.17) is 21.7 Å². The SMILES string of the molecule is O=C(O)C=Cc1ccc(C(=C(c2ccc(F)cc2Cl)C2CCC2)c2ccc3[nH]ncc3n2)cc1. The van der Waals surface area contributed by atoms with Gasteiger partial charge in [-0.15, -0.1) is 0 Å². The van der Waals surface area contributed by atoms with Gasteiger partial charge < -0.3 is 5.11 Å². The Balaban J connectivity index is 1.75. The van der Waals surface area contributed by atoms with Crippen LogP contribution in [-0.2, 0) is 4.79 Å². The van der Waals surface area contributed by atoms with E-state index in [1.807, 2.05) is 36.4 Å². The van der Waals surface area contributed by atoms with Gasteiger partial charge in [-0.1, -0.05) is 48.4 Å². The molecule has 1 fully saturated rings. The lowest BCUT2D eigenvalue weighted by atomic mass is 9.73. The highest BCUT2D eigenvalue weighted by Gasteiger charge is 2.29. The molecule has 0 bridgehead atoms. The Bertz CT molecular complexity index is 1440. The van der Waals surface area contributed by atoms with Crippen LogP contribution in [0.4, 0.5) is 4.39 Å².